The SMILES string of the molecule is C=CCNc1ccc(Br)cc1F. The Morgan fingerprint density at radius 1 is 1.58 bits per heavy atom. The topological polar surface area (TPSA) is 12.0 Å². The lowest BCUT2D eigenvalue weighted by Crippen LogP contribution is -1.99. The zero-order valence-electron chi connectivity index (χ0n) is 6.48. The van der Waals surface area contributed by atoms with E-state index < -0.39 is 0 Å². The Bertz CT molecular complexity index is 286. The molecule has 0 spiro atoms. The Morgan fingerprint density at radius 2 is 2.33 bits per heavy atom. The molecule has 1 aromatic carbocycles. The highest BCUT2D eigenvalue weighted by atomic mass is 79.9. The van der Waals surface area contributed by atoms with Gasteiger partial charge in [0.05, 0.1) is 5.69 Å². The van der Waals surface area contributed by atoms with Gasteiger partial charge in [-0.1, -0.05) is 22.0 Å². The first-order chi connectivity index (χ1) is 5.74. The normalized spacial score (nSPS) is 9.50. The molecular weight excluding hydrogens is 221 g/mol. The van der Waals surface area contributed by atoms with Crippen LogP contribution in [0.2, 0.25) is 0 Å². The molecule has 0 aliphatic rings. The molecule has 1 N–H and O–H groups in total. The summed E-state index contributed by atoms with van der Waals surface area (Å²) >= 11 is 3.18. The van der Waals surface area contributed by atoms with Crippen LogP contribution in [-0.4, -0.2) is 6.54 Å². The van der Waals surface area contributed by atoms with Crippen molar-refractivity contribution >= 4 is 21.6 Å². The molecule has 0 unspecified atom stereocenters. The summed E-state index contributed by atoms with van der Waals surface area (Å²) in [7, 11) is 0. The van der Waals surface area contributed by atoms with E-state index in [0.29, 0.717) is 12.2 Å². The third-order valence-corrected chi connectivity index (χ3v) is 1.86. The highest BCUT2D eigenvalue weighted by molar-refractivity contribution is 9.10. The van der Waals surface area contributed by atoms with Gasteiger partial charge in [0.15, 0.2) is 0 Å². The molecule has 0 amide bonds. The maximum Gasteiger partial charge on any atom is 0.147 e. The van der Waals surface area contributed by atoms with Gasteiger partial charge in [-0.05, 0) is 18.2 Å². The van der Waals surface area contributed by atoms with Crippen LogP contribution in [0.3, 0.4) is 0 Å². The molecule has 1 aromatic rings. The van der Waals surface area contributed by atoms with Crippen molar-refractivity contribution in [2.45, 2.75) is 0 Å². The summed E-state index contributed by atoms with van der Waals surface area (Å²) < 4.78 is 13.8. The van der Waals surface area contributed by atoms with Crippen molar-refractivity contribution in [1.82, 2.24) is 0 Å². The van der Waals surface area contributed by atoms with Crippen LogP contribution < -0.4 is 5.32 Å². The van der Waals surface area contributed by atoms with E-state index in [1.54, 1.807) is 18.2 Å². The standard InChI is InChI=1S/C9H9BrFN/c1-2-5-12-9-4-3-7(10)6-8(9)11/h2-4,6,12H,1,5H2. The van der Waals surface area contributed by atoms with E-state index >= 15 is 0 Å². The van der Waals surface area contributed by atoms with Crippen molar-refractivity contribution in [3.8, 4) is 0 Å². The zero-order chi connectivity index (χ0) is 8.97. The number of hydrogen-bond acceptors (Lipinski definition) is 1. The fraction of sp³-hybridized carbons (Fsp3) is 0.111. The van der Waals surface area contributed by atoms with Crippen LogP contribution >= 0.6 is 15.9 Å². The molecule has 1 rings (SSSR count). The van der Waals surface area contributed by atoms with Crippen molar-refractivity contribution in [3.63, 3.8) is 0 Å². The molecule has 1 nitrogen and oxygen atoms in total. The second-order valence-electron chi connectivity index (χ2n) is 2.29. The number of halogens is 2. The fourth-order valence-corrected chi connectivity index (χ4v) is 1.15. The Balaban J connectivity index is 2.78. The predicted octanol–water partition coefficient (Wildman–Crippen LogP) is 3.19. The molecule has 0 saturated carbocycles. The summed E-state index contributed by atoms with van der Waals surface area (Å²) in [6.07, 6.45) is 1.68. The van der Waals surface area contributed by atoms with Crippen molar-refractivity contribution in [2.24, 2.45) is 0 Å². The summed E-state index contributed by atoms with van der Waals surface area (Å²) in [4.78, 5) is 0. The van der Waals surface area contributed by atoms with E-state index in [-0.39, 0.29) is 5.82 Å². The Morgan fingerprint density at radius 3 is 2.92 bits per heavy atom. The Labute approximate surface area is 79.4 Å². The minimum atomic E-state index is -0.258. The molecular formula is C9H9BrFN. The van der Waals surface area contributed by atoms with E-state index in [9.17, 15) is 4.39 Å². The second-order valence-corrected chi connectivity index (χ2v) is 3.21. The largest absolute Gasteiger partial charge is 0.379 e. The second kappa shape index (κ2) is 4.26. The maximum atomic E-state index is 13.0. The van der Waals surface area contributed by atoms with Crippen molar-refractivity contribution in [1.29, 1.82) is 0 Å². The molecule has 0 radical (unpaired) electrons. The van der Waals surface area contributed by atoms with Gasteiger partial charge in [0.2, 0.25) is 0 Å². The zero-order valence-corrected chi connectivity index (χ0v) is 8.07. The van der Waals surface area contributed by atoms with Gasteiger partial charge in [-0.2, -0.15) is 0 Å². The highest BCUT2D eigenvalue weighted by Crippen LogP contribution is 2.18. The average molecular weight is 230 g/mol. The van der Waals surface area contributed by atoms with Crippen LogP contribution in [0.1, 0.15) is 0 Å². The van der Waals surface area contributed by atoms with Crippen molar-refractivity contribution < 1.29 is 4.39 Å². The van der Waals surface area contributed by atoms with Crippen LogP contribution in [0.25, 0.3) is 0 Å². The van der Waals surface area contributed by atoms with Gasteiger partial charge in [-0.3, -0.25) is 0 Å². The van der Waals surface area contributed by atoms with Crippen LogP contribution in [0.15, 0.2) is 35.3 Å². The van der Waals surface area contributed by atoms with Gasteiger partial charge in [0.25, 0.3) is 0 Å². The fourth-order valence-electron chi connectivity index (χ4n) is 0.815. The van der Waals surface area contributed by atoms with Gasteiger partial charge < -0.3 is 5.32 Å². The van der Waals surface area contributed by atoms with Gasteiger partial charge >= 0.3 is 0 Å². The van der Waals surface area contributed by atoms with E-state index in [1.807, 2.05) is 0 Å². The molecule has 0 atom stereocenters. The lowest BCUT2D eigenvalue weighted by atomic mass is 10.3. The first-order valence-electron chi connectivity index (χ1n) is 3.54. The average Bonchev–Trinajstić information content (AvgIpc) is 2.03. The first-order valence-corrected chi connectivity index (χ1v) is 4.33. The molecule has 64 valence electrons. The summed E-state index contributed by atoms with van der Waals surface area (Å²) in [6.45, 7) is 4.10. The summed E-state index contributed by atoms with van der Waals surface area (Å²) in [5.41, 5.74) is 0.498. The van der Waals surface area contributed by atoms with Crippen molar-refractivity contribution in [2.75, 3.05) is 11.9 Å². The van der Waals surface area contributed by atoms with E-state index in [1.165, 1.54) is 6.07 Å². The minimum Gasteiger partial charge on any atom is -0.379 e. The summed E-state index contributed by atoms with van der Waals surface area (Å²) in [6, 6.07) is 4.89. The summed E-state index contributed by atoms with van der Waals surface area (Å²) in [5.74, 6) is -0.258. The van der Waals surface area contributed by atoms with Crippen LogP contribution in [0.5, 0.6) is 0 Å². The molecule has 0 heterocycles. The number of hydrogen-bond donors (Lipinski definition) is 1. The molecule has 0 aliphatic carbocycles. The van der Waals surface area contributed by atoms with E-state index in [4.69, 9.17) is 0 Å². The number of benzene rings is 1. The van der Waals surface area contributed by atoms with E-state index in [0.717, 1.165) is 4.47 Å². The molecule has 0 saturated heterocycles. The van der Waals surface area contributed by atoms with E-state index in [2.05, 4.69) is 27.8 Å². The molecule has 0 bridgehead atoms. The van der Waals surface area contributed by atoms with Crippen LogP contribution in [-0.2, 0) is 0 Å². The Kier molecular flexibility index (Phi) is 3.29. The number of rotatable bonds is 3. The maximum absolute atomic E-state index is 13.0. The smallest absolute Gasteiger partial charge is 0.147 e. The quantitative estimate of drug-likeness (QED) is 0.786. The number of anilines is 1. The number of nitrogens with one attached hydrogen (secondary N) is 1. The van der Waals surface area contributed by atoms with Crippen LogP contribution in [0, 0.1) is 5.82 Å². The lowest BCUT2D eigenvalue weighted by Gasteiger charge is -2.04. The monoisotopic (exact) mass is 229 g/mol. The summed E-state index contributed by atoms with van der Waals surface area (Å²) in [5, 5.41) is 2.88. The third kappa shape index (κ3) is 2.34. The van der Waals surface area contributed by atoms with Gasteiger partial charge in [-0.15, -0.1) is 6.58 Å². The van der Waals surface area contributed by atoms with Gasteiger partial charge in [0.1, 0.15) is 5.82 Å². The lowest BCUT2D eigenvalue weighted by molar-refractivity contribution is 0.630. The molecule has 12 heavy (non-hydrogen) atoms. The molecule has 3 heteroatoms. The third-order valence-electron chi connectivity index (χ3n) is 1.37. The molecule has 0 fully saturated rings. The Hall–Kier alpha value is -0.830. The predicted molar refractivity (Wildman–Crippen MR) is 52.8 cm³/mol. The van der Waals surface area contributed by atoms with Gasteiger partial charge in [0, 0.05) is 11.0 Å². The van der Waals surface area contributed by atoms with Crippen molar-refractivity contribution in [3.05, 3.63) is 41.1 Å². The van der Waals surface area contributed by atoms with Crippen LogP contribution in [0.4, 0.5) is 10.1 Å². The first kappa shape index (κ1) is 9.26. The minimum absolute atomic E-state index is 0.258. The molecule has 0 aliphatic heterocycles. The highest BCUT2D eigenvalue weighted by Gasteiger charge is 1.99. The molecule has 0 aromatic heterocycles. The van der Waals surface area contributed by atoms with Gasteiger partial charge in [-0.25, -0.2) is 4.39 Å².